The van der Waals surface area contributed by atoms with Gasteiger partial charge in [-0.2, -0.15) is 0 Å². The van der Waals surface area contributed by atoms with Crippen molar-refractivity contribution in [1.82, 2.24) is 18.7 Å². The van der Waals surface area contributed by atoms with Gasteiger partial charge in [0, 0.05) is 39.5 Å². The number of rotatable bonds is 9. The van der Waals surface area contributed by atoms with Crippen LogP contribution in [-0.2, 0) is 6.42 Å². The molecule has 0 aliphatic rings. The first-order chi connectivity index (χ1) is 34.8. The number of pyridine rings is 1. The second-order valence-electron chi connectivity index (χ2n) is 19.6. The van der Waals surface area contributed by atoms with Crippen LogP contribution in [0.15, 0.2) is 231 Å². The summed E-state index contributed by atoms with van der Waals surface area (Å²) < 4.78 is 15.9. The van der Waals surface area contributed by atoms with Crippen molar-refractivity contribution in [3.8, 4) is 56.6 Å². The van der Waals surface area contributed by atoms with Crippen LogP contribution in [0.3, 0.4) is 0 Å². The van der Waals surface area contributed by atoms with E-state index >= 15 is 0 Å². The zero-order chi connectivity index (χ0) is 47.6. The van der Waals surface area contributed by atoms with E-state index in [4.69, 9.17) is 9.72 Å². The molecule has 6 heteroatoms. The van der Waals surface area contributed by atoms with Gasteiger partial charge in [-0.25, -0.2) is 4.98 Å². The van der Waals surface area contributed by atoms with Crippen molar-refractivity contribution in [3.63, 3.8) is 0 Å². The van der Waals surface area contributed by atoms with Crippen molar-refractivity contribution in [2.75, 3.05) is 0 Å². The van der Waals surface area contributed by atoms with Crippen molar-refractivity contribution in [2.24, 2.45) is 5.41 Å². The van der Waals surface area contributed by atoms with E-state index in [1.54, 1.807) is 0 Å². The summed E-state index contributed by atoms with van der Waals surface area (Å²) in [6, 6.07) is 79.6. The second-order valence-corrected chi connectivity index (χ2v) is 19.6. The Hall–Kier alpha value is -9.00. The lowest BCUT2D eigenvalue weighted by molar-refractivity contribution is -0.571. The van der Waals surface area contributed by atoms with E-state index < -0.39 is 0 Å². The Morgan fingerprint density at radius 2 is 1.07 bits per heavy atom. The molecule has 0 aliphatic carbocycles. The fraction of sp³-hybridized carbons (Fsp3) is 0.0769. The van der Waals surface area contributed by atoms with Gasteiger partial charge in [-0.05, 0) is 112 Å². The molecule has 0 saturated heterocycles. The van der Waals surface area contributed by atoms with Gasteiger partial charge in [0.2, 0.25) is 0 Å². The number of hydrogen-bond donors (Lipinski definition) is 0. The smallest absolute Gasteiger partial charge is 0.269 e. The van der Waals surface area contributed by atoms with Crippen molar-refractivity contribution in [3.05, 3.63) is 243 Å². The number of nitrogens with zero attached hydrogens (tertiary/aromatic N) is 5. The molecule has 340 valence electrons. The van der Waals surface area contributed by atoms with Gasteiger partial charge in [0.15, 0.2) is 0 Å². The Morgan fingerprint density at radius 3 is 1.77 bits per heavy atom. The molecule has 0 spiro atoms. The van der Waals surface area contributed by atoms with Gasteiger partial charge >= 0.3 is 0 Å². The Kier molecular flexibility index (Phi) is 10.0. The van der Waals surface area contributed by atoms with Gasteiger partial charge in [0.05, 0.1) is 44.5 Å². The lowest BCUT2D eigenvalue weighted by Crippen LogP contribution is -2.31. The average molecular weight is 916 g/mol. The number of para-hydroxylation sites is 5. The van der Waals surface area contributed by atoms with Crippen LogP contribution >= 0.6 is 0 Å². The molecule has 6 nitrogen and oxygen atoms in total. The van der Waals surface area contributed by atoms with Crippen LogP contribution in [0.5, 0.6) is 11.5 Å². The third-order valence-corrected chi connectivity index (χ3v) is 13.6. The number of benzene rings is 9. The molecular weight excluding hydrogens is 867 g/mol. The zero-order valence-electron chi connectivity index (χ0n) is 39.8. The maximum Gasteiger partial charge on any atom is 0.269 e. The Balaban J connectivity index is 0.936. The summed E-state index contributed by atoms with van der Waals surface area (Å²) in [7, 11) is 0. The summed E-state index contributed by atoms with van der Waals surface area (Å²) in [4.78, 5) is 5.03. The first-order valence-electron chi connectivity index (χ1n) is 24.3. The minimum atomic E-state index is 0.120. The zero-order valence-corrected chi connectivity index (χ0v) is 39.8. The van der Waals surface area contributed by atoms with E-state index in [1.807, 2.05) is 12.3 Å². The average Bonchev–Trinajstić information content (AvgIpc) is 4.06. The largest absolute Gasteiger partial charge is 0.458 e. The van der Waals surface area contributed by atoms with Gasteiger partial charge in [-0.3, -0.25) is 13.7 Å². The SMILES string of the molecule is CC(C)(C)Cc1ccnc(-n2c3ccc(-n4c5ccccc5c5ccccc54)cc3c3ccc(Oc4cccc(-n5[c-][n+](-c6c(-c7ccccc7)cccc6-c6ccccc6)c6ccccc65)c4)cc32)c1. The molecule has 0 N–H and O–H groups in total. The van der Waals surface area contributed by atoms with E-state index in [0.29, 0.717) is 0 Å². The van der Waals surface area contributed by atoms with Crippen LogP contribution < -0.4 is 9.30 Å². The molecule has 71 heavy (non-hydrogen) atoms. The summed E-state index contributed by atoms with van der Waals surface area (Å²) >= 11 is 0. The van der Waals surface area contributed by atoms with E-state index in [1.165, 1.54) is 27.4 Å². The van der Waals surface area contributed by atoms with Crippen LogP contribution in [0, 0.1) is 11.7 Å². The van der Waals surface area contributed by atoms with Crippen molar-refractivity contribution >= 4 is 54.6 Å². The molecule has 0 unspecified atom stereocenters. The molecule has 0 amide bonds. The van der Waals surface area contributed by atoms with Crippen molar-refractivity contribution in [1.29, 1.82) is 0 Å². The standard InChI is InChI=1S/C65H49N5O/c1-65(2,3)42-44-36-37-66-63(38-44)70-59-35-32-48(69-57-28-12-10-24-53(57)54-25-11-13-29-58(54)69)40-56(59)55-34-33-50(41-62(55)70)71-49-23-16-22-47(39-49)67-43-68(61-31-15-14-30-60(61)67)64-51(45-18-6-4-7-19-45)26-17-27-52(64)46-20-8-5-9-21-46/h4-41H,42H2,1-3H3. The maximum absolute atomic E-state index is 6.89. The van der Waals surface area contributed by atoms with Crippen LogP contribution in [0.2, 0.25) is 0 Å². The van der Waals surface area contributed by atoms with Gasteiger partial charge in [0.1, 0.15) is 17.3 Å². The highest BCUT2D eigenvalue weighted by Gasteiger charge is 2.22. The summed E-state index contributed by atoms with van der Waals surface area (Å²) in [5.41, 5.74) is 15.5. The highest BCUT2D eigenvalue weighted by molar-refractivity contribution is 6.12. The number of aromatic nitrogens is 5. The van der Waals surface area contributed by atoms with Gasteiger partial charge < -0.3 is 9.30 Å². The van der Waals surface area contributed by atoms with E-state index in [0.717, 1.165) is 95.9 Å². The fourth-order valence-electron chi connectivity index (χ4n) is 10.7. The van der Waals surface area contributed by atoms with Gasteiger partial charge in [-0.1, -0.05) is 166 Å². The number of imidazole rings is 1. The maximum atomic E-state index is 6.89. The van der Waals surface area contributed by atoms with Gasteiger partial charge in [0.25, 0.3) is 6.33 Å². The fourth-order valence-corrected chi connectivity index (χ4v) is 10.7. The minimum absolute atomic E-state index is 0.120. The number of ether oxygens (including phenoxy) is 1. The molecular formula is C65H49N5O. The monoisotopic (exact) mass is 915 g/mol. The summed E-state index contributed by atoms with van der Waals surface area (Å²) in [6.07, 6.45) is 6.70. The quantitative estimate of drug-likeness (QED) is 0.107. The molecule has 9 aromatic carbocycles. The highest BCUT2D eigenvalue weighted by Crippen LogP contribution is 2.40. The van der Waals surface area contributed by atoms with Gasteiger partial charge in [-0.15, -0.1) is 0 Å². The van der Waals surface area contributed by atoms with Crippen LogP contribution in [0.25, 0.3) is 99.8 Å². The molecule has 13 aromatic rings. The molecule has 0 saturated carbocycles. The molecule has 0 aliphatic heterocycles. The molecule has 13 rings (SSSR count). The predicted molar refractivity (Wildman–Crippen MR) is 291 cm³/mol. The van der Waals surface area contributed by atoms with Crippen LogP contribution in [-0.4, -0.2) is 18.7 Å². The molecule has 4 heterocycles. The molecule has 0 fully saturated rings. The van der Waals surface area contributed by atoms with E-state index in [9.17, 15) is 0 Å². The third kappa shape index (κ3) is 7.43. The van der Waals surface area contributed by atoms with E-state index in [2.05, 4.69) is 264 Å². The lowest BCUT2D eigenvalue weighted by Gasteiger charge is -2.18. The Labute approximate surface area is 412 Å². The third-order valence-electron chi connectivity index (χ3n) is 13.6. The molecule has 0 atom stereocenters. The first-order valence-corrected chi connectivity index (χ1v) is 24.3. The normalized spacial score (nSPS) is 11.9. The minimum Gasteiger partial charge on any atom is -0.458 e. The molecule has 4 aromatic heterocycles. The van der Waals surface area contributed by atoms with Crippen LogP contribution in [0.4, 0.5) is 0 Å². The topological polar surface area (TPSA) is 40.8 Å². The van der Waals surface area contributed by atoms with Crippen LogP contribution in [0.1, 0.15) is 26.3 Å². The van der Waals surface area contributed by atoms with Crippen molar-refractivity contribution < 1.29 is 9.30 Å². The molecule has 0 radical (unpaired) electrons. The number of hydrogen-bond acceptors (Lipinski definition) is 2. The highest BCUT2D eigenvalue weighted by atomic mass is 16.5. The Morgan fingerprint density at radius 1 is 0.465 bits per heavy atom. The summed E-state index contributed by atoms with van der Waals surface area (Å²) in [5, 5.41) is 4.74. The second kappa shape index (κ2) is 16.9. The summed E-state index contributed by atoms with van der Waals surface area (Å²) in [5.74, 6) is 2.33. The summed E-state index contributed by atoms with van der Waals surface area (Å²) in [6.45, 7) is 6.84. The Bertz CT molecular complexity index is 4040. The lowest BCUT2D eigenvalue weighted by atomic mass is 9.88. The number of fused-ring (bicyclic) bond motifs is 7. The van der Waals surface area contributed by atoms with Crippen molar-refractivity contribution in [2.45, 2.75) is 27.2 Å². The van der Waals surface area contributed by atoms with E-state index in [-0.39, 0.29) is 5.41 Å². The molecule has 0 bridgehead atoms. The predicted octanol–water partition coefficient (Wildman–Crippen LogP) is 16.0. The first kappa shape index (κ1) is 42.1.